The Morgan fingerprint density at radius 1 is 0.886 bits per heavy atom. The van der Waals surface area contributed by atoms with Gasteiger partial charge in [-0.1, -0.05) is 24.3 Å². The molecular formula is C26H26N4O5. The van der Waals surface area contributed by atoms with E-state index in [2.05, 4.69) is 15.4 Å². The van der Waals surface area contributed by atoms with Crippen LogP contribution in [0.25, 0.3) is 17.1 Å². The number of benzene rings is 3. The van der Waals surface area contributed by atoms with Crippen molar-refractivity contribution in [3.05, 3.63) is 78.4 Å². The number of amides is 1. The number of anilines is 1. The third kappa shape index (κ3) is 5.77. The first kappa shape index (κ1) is 23.8. The van der Waals surface area contributed by atoms with Crippen LogP contribution in [0.4, 0.5) is 5.69 Å². The Hall–Kier alpha value is -4.37. The van der Waals surface area contributed by atoms with E-state index in [9.17, 15) is 4.79 Å². The van der Waals surface area contributed by atoms with Crippen molar-refractivity contribution in [1.82, 2.24) is 14.8 Å². The molecule has 0 saturated heterocycles. The SMILES string of the molecule is COCCOc1nc(-c2cccc(OC)c2)n(-c2cccc(NC(=O)c3cccc(OC)c3)c2)n1. The van der Waals surface area contributed by atoms with Crippen LogP contribution in [0.2, 0.25) is 0 Å². The monoisotopic (exact) mass is 474 g/mol. The molecule has 0 atom stereocenters. The molecule has 180 valence electrons. The van der Waals surface area contributed by atoms with Gasteiger partial charge in [-0.15, -0.1) is 5.10 Å². The van der Waals surface area contributed by atoms with Crippen LogP contribution < -0.4 is 19.5 Å². The maximum atomic E-state index is 12.8. The summed E-state index contributed by atoms with van der Waals surface area (Å²) in [5.41, 5.74) is 2.58. The van der Waals surface area contributed by atoms with Gasteiger partial charge in [0.15, 0.2) is 5.82 Å². The largest absolute Gasteiger partial charge is 0.497 e. The van der Waals surface area contributed by atoms with E-state index in [1.165, 1.54) is 0 Å². The molecule has 0 aliphatic carbocycles. The van der Waals surface area contributed by atoms with E-state index < -0.39 is 0 Å². The van der Waals surface area contributed by atoms with Gasteiger partial charge in [-0.3, -0.25) is 4.79 Å². The number of carbonyl (C=O) groups is 1. The van der Waals surface area contributed by atoms with Gasteiger partial charge in [-0.25, -0.2) is 4.68 Å². The minimum Gasteiger partial charge on any atom is -0.497 e. The molecule has 9 nitrogen and oxygen atoms in total. The molecular weight excluding hydrogens is 448 g/mol. The summed E-state index contributed by atoms with van der Waals surface area (Å²) < 4.78 is 23.0. The lowest BCUT2D eigenvalue weighted by Gasteiger charge is -2.10. The molecule has 4 rings (SSSR count). The Morgan fingerprint density at radius 2 is 1.63 bits per heavy atom. The molecule has 0 bridgehead atoms. The molecule has 0 unspecified atom stereocenters. The minimum absolute atomic E-state index is 0.214. The van der Waals surface area contributed by atoms with Crippen LogP contribution in [-0.4, -0.2) is 55.2 Å². The van der Waals surface area contributed by atoms with Crippen molar-refractivity contribution in [1.29, 1.82) is 0 Å². The van der Waals surface area contributed by atoms with Gasteiger partial charge in [0.2, 0.25) is 0 Å². The third-order valence-electron chi connectivity index (χ3n) is 5.11. The van der Waals surface area contributed by atoms with Crippen molar-refractivity contribution in [2.24, 2.45) is 0 Å². The molecule has 1 amide bonds. The zero-order valence-corrected chi connectivity index (χ0v) is 19.7. The van der Waals surface area contributed by atoms with E-state index in [-0.39, 0.29) is 11.9 Å². The summed E-state index contributed by atoms with van der Waals surface area (Å²) in [5.74, 6) is 1.61. The predicted octanol–water partition coefficient (Wildman–Crippen LogP) is 4.23. The number of nitrogens with zero attached hydrogens (tertiary/aromatic N) is 3. The van der Waals surface area contributed by atoms with Crippen molar-refractivity contribution in [2.75, 3.05) is 39.9 Å². The minimum atomic E-state index is -0.253. The molecule has 0 spiro atoms. The van der Waals surface area contributed by atoms with E-state index in [4.69, 9.17) is 18.9 Å². The number of nitrogens with one attached hydrogen (secondary N) is 1. The maximum absolute atomic E-state index is 12.8. The van der Waals surface area contributed by atoms with Gasteiger partial charge in [0.25, 0.3) is 5.91 Å². The first-order valence-corrected chi connectivity index (χ1v) is 10.9. The Labute approximate surface area is 203 Å². The number of hydrogen-bond acceptors (Lipinski definition) is 7. The smallest absolute Gasteiger partial charge is 0.336 e. The Kier molecular flexibility index (Phi) is 7.59. The van der Waals surface area contributed by atoms with Crippen LogP contribution in [0, 0.1) is 0 Å². The van der Waals surface area contributed by atoms with Crippen LogP contribution in [0.15, 0.2) is 72.8 Å². The van der Waals surface area contributed by atoms with Gasteiger partial charge in [0.1, 0.15) is 18.1 Å². The summed E-state index contributed by atoms with van der Waals surface area (Å²) in [4.78, 5) is 17.4. The fourth-order valence-corrected chi connectivity index (χ4v) is 3.38. The van der Waals surface area contributed by atoms with E-state index in [1.54, 1.807) is 56.3 Å². The maximum Gasteiger partial charge on any atom is 0.336 e. The molecule has 35 heavy (non-hydrogen) atoms. The number of ether oxygens (including phenoxy) is 4. The third-order valence-corrected chi connectivity index (χ3v) is 5.11. The van der Waals surface area contributed by atoms with Crippen LogP contribution in [-0.2, 0) is 4.74 Å². The van der Waals surface area contributed by atoms with Gasteiger partial charge in [-0.05, 0) is 48.5 Å². The summed E-state index contributed by atoms with van der Waals surface area (Å²) in [6.07, 6.45) is 0. The van der Waals surface area contributed by atoms with Crippen LogP contribution >= 0.6 is 0 Å². The normalized spacial score (nSPS) is 10.6. The Bertz CT molecular complexity index is 1300. The Morgan fingerprint density at radius 3 is 2.40 bits per heavy atom. The lowest BCUT2D eigenvalue weighted by molar-refractivity contribution is 0.102. The quantitative estimate of drug-likeness (QED) is 0.344. The van der Waals surface area contributed by atoms with Gasteiger partial charge in [-0.2, -0.15) is 4.98 Å². The molecule has 1 aromatic heterocycles. The average molecular weight is 475 g/mol. The second-order valence-electron chi connectivity index (χ2n) is 7.44. The van der Waals surface area contributed by atoms with E-state index in [1.807, 2.05) is 42.5 Å². The van der Waals surface area contributed by atoms with Crippen LogP contribution in [0.1, 0.15) is 10.4 Å². The molecule has 4 aromatic rings. The van der Waals surface area contributed by atoms with Gasteiger partial charge >= 0.3 is 6.01 Å². The average Bonchev–Trinajstić information content (AvgIpc) is 3.33. The summed E-state index contributed by atoms with van der Waals surface area (Å²) in [6, 6.07) is 22.0. The second kappa shape index (κ2) is 11.2. The fraction of sp³-hybridized carbons (Fsp3) is 0.192. The summed E-state index contributed by atoms with van der Waals surface area (Å²) in [7, 11) is 4.77. The summed E-state index contributed by atoms with van der Waals surface area (Å²) in [6.45, 7) is 0.726. The van der Waals surface area contributed by atoms with Crippen LogP contribution in [0.5, 0.6) is 17.5 Å². The van der Waals surface area contributed by atoms with E-state index >= 15 is 0 Å². The highest BCUT2D eigenvalue weighted by Gasteiger charge is 2.16. The fourth-order valence-electron chi connectivity index (χ4n) is 3.38. The first-order valence-electron chi connectivity index (χ1n) is 10.9. The van der Waals surface area contributed by atoms with Crippen molar-refractivity contribution in [2.45, 2.75) is 0 Å². The standard InChI is InChI=1S/C26H26N4O5/c1-32-13-14-35-26-28-24(18-7-4-11-22(15-18)33-2)30(29-26)21-10-6-9-20(17-21)27-25(31)19-8-5-12-23(16-19)34-3/h4-12,15-17H,13-14H2,1-3H3,(H,27,31). The first-order chi connectivity index (χ1) is 17.1. The number of carbonyl (C=O) groups excluding carboxylic acids is 1. The summed E-state index contributed by atoms with van der Waals surface area (Å²) in [5, 5.41) is 7.47. The Balaban J connectivity index is 1.66. The lowest BCUT2D eigenvalue weighted by Crippen LogP contribution is -2.12. The van der Waals surface area contributed by atoms with Crippen molar-refractivity contribution >= 4 is 11.6 Å². The molecule has 1 heterocycles. The van der Waals surface area contributed by atoms with E-state index in [0.29, 0.717) is 47.5 Å². The molecule has 0 aliphatic heterocycles. The zero-order valence-electron chi connectivity index (χ0n) is 19.7. The lowest BCUT2D eigenvalue weighted by atomic mass is 10.2. The zero-order chi connectivity index (χ0) is 24.6. The molecule has 3 aromatic carbocycles. The number of methoxy groups -OCH3 is 3. The van der Waals surface area contributed by atoms with E-state index in [0.717, 1.165) is 5.56 Å². The molecule has 0 aliphatic rings. The molecule has 0 fully saturated rings. The summed E-state index contributed by atoms with van der Waals surface area (Å²) >= 11 is 0. The van der Waals surface area contributed by atoms with Gasteiger partial charge < -0.3 is 24.3 Å². The molecule has 9 heteroatoms. The number of rotatable bonds is 10. The topological polar surface area (TPSA) is 96.7 Å². The highest BCUT2D eigenvalue weighted by Crippen LogP contribution is 2.27. The van der Waals surface area contributed by atoms with Crippen LogP contribution in [0.3, 0.4) is 0 Å². The highest BCUT2D eigenvalue weighted by molar-refractivity contribution is 6.04. The molecule has 0 saturated carbocycles. The van der Waals surface area contributed by atoms with Gasteiger partial charge in [0, 0.05) is 23.9 Å². The van der Waals surface area contributed by atoms with Crippen molar-refractivity contribution in [3.63, 3.8) is 0 Å². The second-order valence-corrected chi connectivity index (χ2v) is 7.44. The van der Waals surface area contributed by atoms with Crippen molar-refractivity contribution < 1.29 is 23.7 Å². The number of hydrogen-bond donors (Lipinski definition) is 1. The molecule has 0 radical (unpaired) electrons. The number of aromatic nitrogens is 3. The molecule has 1 N–H and O–H groups in total. The highest BCUT2D eigenvalue weighted by atomic mass is 16.5. The van der Waals surface area contributed by atoms with Crippen molar-refractivity contribution in [3.8, 4) is 34.6 Å². The van der Waals surface area contributed by atoms with Gasteiger partial charge in [0.05, 0.1) is 26.5 Å². The predicted molar refractivity (Wildman–Crippen MR) is 132 cm³/mol.